The van der Waals surface area contributed by atoms with Crippen LogP contribution in [-0.4, -0.2) is 32.1 Å². The zero-order chi connectivity index (χ0) is 32.0. The van der Waals surface area contributed by atoms with E-state index in [1.165, 1.54) is 0 Å². The van der Waals surface area contributed by atoms with Crippen molar-refractivity contribution in [2.75, 3.05) is 0 Å². The predicted octanol–water partition coefficient (Wildman–Crippen LogP) is 7.27. The quantitative estimate of drug-likeness (QED) is 0.145. The summed E-state index contributed by atoms with van der Waals surface area (Å²) in [6.07, 6.45) is 0.404. The maximum Gasteiger partial charge on any atom is 2.00 e. The van der Waals surface area contributed by atoms with Gasteiger partial charge in [-0.2, -0.15) is 0 Å². The molecule has 0 saturated heterocycles. The third kappa shape index (κ3) is 6.63. The molecule has 45 heavy (non-hydrogen) atoms. The molecule has 5 rings (SSSR count). The number of aromatic nitrogens is 4. The van der Waals surface area contributed by atoms with Gasteiger partial charge in [-0.1, -0.05) is 54.1 Å². The Balaban J connectivity index is 0.00000461. The minimum atomic E-state index is -0.913. The Kier molecular flexibility index (Phi) is 10.1. The third-order valence-corrected chi connectivity index (χ3v) is 8.58. The first-order valence-corrected chi connectivity index (χ1v) is 14.9. The maximum absolute atomic E-state index is 11.6. The first kappa shape index (κ1) is 34.1. The second-order valence-electron chi connectivity index (χ2n) is 11.0. The van der Waals surface area contributed by atoms with Crippen molar-refractivity contribution in [3.63, 3.8) is 0 Å². The largest absolute Gasteiger partial charge is 2.00 e. The van der Waals surface area contributed by atoms with Crippen LogP contribution in [0.2, 0.25) is 0 Å². The molecular formula is C34H32FeN4O4S2. The van der Waals surface area contributed by atoms with Gasteiger partial charge in [0.05, 0.1) is 22.8 Å². The number of nitrogens with zero attached hydrogens (tertiary/aromatic N) is 4. The Morgan fingerprint density at radius 2 is 1.22 bits per heavy atom. The van der Waals surface area contributed by atoms with Crippen molar-refractivity contribution in [1.82, 2.24) is 19.9 Å². The van der Waals surface area contributed by atoms with Crippen molar-refractivity contribution >= 4 is 86.5 Å². The van der Waals surface area contributed by atoms with Gasteiger partial charge >= 0.3 is 29.0 Å². The van der Waals surface area contributed by atoms with Crippen LogP contribution < -0.4 is 9.97 Å². The van der Waals surface area contributed by atoms with Crippen molar-refractivity contribution < 1.29 is 36.9 Å². The summed E-state index contributed by atoms with van der Waals surface area (Å²) in [6.45, 7) is 15.9. The average molecular weight is 681 g/mol. The van der Waals surface area contributed by atoms with Crippen molar-refractivity contribution in [3.05, 3.63) is 87.4 Å². The Hall–Kier alpha value is -3.76. The molecule has 0 fully saturated rings. The SMILES string of the molecule is C=C(S)C1=C(C)c2cc3[n-]c(cc4nc(cc5[n-]c(cc1n2)c(C)c5C(=C)S)C(C)=C4CCC(=O)O)c(CCC(=O)O)c3C.[Fe+2]. The number of aliphatic carboxylic acids is 2. The molecule has 11 heteroatoms. The predicted molar refractivity (Wildman–Crippen MR) is 182 cm³/mol. The van der Waals surface area contributed by atoms with Crippen LogP contribution >= 0.6 is 25.3 Å². The van der Waals surface area contributed by atoms with E-state index in [-0.39, 0.29) is 42.8 Å². The molecule has 0 spiro atoms. The Bertz CT molecular complexity index is 2030. The van der Waals surface area contributed by atoms with Crippen LogP contribution in [0.4, 0.5) is 0 Å². The first-order valence-electron chi connectivity index (χ1n) is 14.0. The fourth-order valence-corrected chi connectivity index (χ4v) is 6.35. The summed E-state index contributed by atoms with van der Waals surface area (Å²) in [5.74, 6) is -1.82. The summed E-state index contributed by atoms with van der Waals surface area (Å²) in [6, 6.07) is 7.48. The molecule has 5 heterocycles. The summed E-state index contributed by atoms with van der Waals surface area (Å²) in [5.41, 5.74) is 11.7. The fraction of sp³-hybridized carbons (Fsp3) is 0.235. The number of carboxylic acids is 2. The van der Waals surface area contributed by atoms with Crippen LogP contribution in [-0.2, 0) is 33.1 Å². The third-order valence-electron chi connectivity index (χ3n) is 8.14. The van der Waals surface area contributed by atoms with Gasteiger partial charge < -0.3 is 20.2 Å². The number of rotatable bonds is 8. The monoisotopic (exact) mass is 680 g/mol. The number of hydrogen-bond acceptors (Lipinski definition) is 6. The van der Waals surface area contributed by atoms with Crippen LogP contribution in [0.25, 0.3) is 49.3 Å². The van der Waals surface area contributed by atoms with Gasteiger partial charge in [-0.3, -0.25) is 9.59 Å². The summed E-state index contributed by atoms with van der Waals surface area (Å²) in [5, 5.41) is 18.9. The summed E-state index contributed by atoms with van der Waals surface area (Å²) in [7, 11) is 0. The Morgan fingerprint density at radius 3 is 1.84 bits per heavy atom. The van der Waals surface area contributed by atoms with Crippen molar-refractivity contribution in [3.8, 4) is 0 Å². The molecule has 0 aliphatic carbocycles. The van der Waals surface area contributed by atoms with E-state index in [1.54, 1.807) is 0 Å². The number of hydrogen-bond donors (Lipinski definition) is 4. The van der Waals surface area contributed by atoms with Gasteiger partial charge in [0, 0.05) is 28.2 Å². The number of allylic oxidation sites excluding steroid dienone is 4. The second-order valence-corrected chi connectivity index (χ2v) is 12.1. The fourth-order valence-electron chi connectivity index (χ4n) is 5.79. The minimum absolute atomic E-state index is 0. The number of fused-ring (bicyclic) bond motifs is 8. The molecule has 8 bridgehead atoms. The molecule has 0 unspecified atom stereocenters. The van der Waals surface area contributed by atoms with E-state index in [9.17, 15) is 19.8 Å². The Morgan fingerprint density at radius 1 is 0.711 bits per heavy atom. The zero-order valence-corrected chi connectivity index (χ0v) is 28.2. The minimum Gasteiger partial charge on any atom is -0.657 e. The molecule has 0 aromatic carbocycles. The van der Waals surface area contributed by atoms with Gasteiger partial charge in [0.2, 0.25) is 0 Å². The number of carboxylic acid groups (broad SMARTS) is 2. The van der Waals surface area contributed by atoms with Gasteiger partial charge in [-0.15, -0.1) is 47.3 Å². The van der Waals surface area contributed by atoms with Gasteiger partial charge in [-0.25, -0.2) is 9.97 Å². The van der Waals surface area contributed by atoms with Crippen LogP contribution in [0, 0.1) is 13.8 Å². The van der Waals surface area contributed by atoms with E-state index in [4.69, 9.17) is 19.9 Å². The molecule has 3 aromatic heterocycles. The smallest absolute Gasteiger partial charge is 0.657 e. The number of carbonyl (C=O) groups is 2. The standard InChI is InChI=1S/C34H34N4O4S2.Fe/c1-15-21(7-9-31(39)40)27-14-28-22(8-10-32(41)42)16(2)24(36-28)12-29-34(20(6)44)18(4)26(38-29)13-30-33(19(5)43)17(3)25(37-30)11-23(15)35-27;/h11-14H,5-10H2,1-4H3,(H6,35,36,37,38,39,40,41,42,43,44);/q;+2/p-2. The van der Waals surface area contributed by atoms with E-state index < -0.39 is 11.9 Å². The van der Waals surface area contributed by atoms with E-state index in [0.717, 1.165) is 44.5 Å². The number of aryl methyl sites for hydroxylation is 3. The number of thiol groups is 2. The van der Waals surface area contributed by atoms with E-state index in [2.05, 4.69) is 38.4 Å². The molecule has 2 aliphatic rings. The van der Waals surface area contributed by atoms with Crippen molar-refractivity contribution in [2.45, 2.75) is 53.4 Å². The van der Waals surface area contributed by atoms with Gasteiger partial charge in [0.25, 0.3) is 0 Å². The molecule has 2 N–H and O–H groups in total. The average Bonchev–Trinajstić information content (AvgIpc) is 3.59. The molecule has 0 radical (unpaired) electrons. The molecule has 0 saturated carbocycles. The van der Waals surface area contributed by atoms with Crippen LogP contribution in [0.1, 0.15) is 78.1 Å². The first-order chi connectivity index (χ1) is 20.8. The van der Waals surface area contributed by atoms with Crippen LogP contribution in [0.5, 0.6) is 0 Å². The maximum atomic E-state index is 11.6. The molecule has 2 aliphatic heterocycles. The normalized spacial score (nSPS) is 12.8. The molecule has 8 nitrogen and oxygen atoms in total. The molecule has 3 aromatic rings. The summed E-state index contributed by atoms with van der Waals surface area (Å²) < 4.78 is 0. The zero-order valence-electron chi connectivity index (χ0n) is 25.3. The second kappa shape index (κ2) is 13.3. The van der Waals surface area contributed by atoms with Crippen molar-refractivity contribution in [2.24, 2.45) is 0 Å². The van der Waals surface area contributed by atoms with Crippen LogP contribution in [0.3, 0.4) is 0 Å². The van der Waals surface area contributed by atoms with E-state index in [0.29, 0.717) is 54.7 Å². The van der Waals surface area contributed by atoms with Crippen LogP contribution in [0.15, 0.2) is 42.3 Å². The molecule has 232 valence electrons. The van der Waals surface area contributed by atoms with E-state index in [1.807, 2.05) is 52.0 Å². The van der Waals surface area contributed by atoms with E-state index >= 15 is 0 Å². The summed E-state index contributed by atoms with van der Waals surface area (Å²) >= 11 is 9.16. The topological polar surface area (TPSA) is 129 Å². The molecule has 0 atom stereocenters. The summed E-state index contributed by atoms with van der Waals surface area (Å²) in [4.78, 5) is 44.0. The molecule has 0 amide bonds. The van der Waals surface area contributed by atoms with Crippen molar-refractivity contribution in [1.29, 1.82) is 0 Å². The van der Waals surface area contributed by atoms with Gasteiger partial charge in [0.15, 0.2) is 0 Å². The Labute approximate surface area is 282 Å². The van der Waals surface area contributed by atoms with Gasteiger partial charge in [-0.05, 0) is 62.8 Å². The van der Waals surface area contributed by atoms with Gasteiger partial charge in [0.1, 0.15) is 0 Å². The molecular weight excluding hydrogens is 648 g/mol.